The molecular weight excluding hydrogens is 248 g/mol. The molecule has 0 aliphatic heterocycles. The first-order chi connectivity index (χ1) is 6.33. The van der Waals surface area contributed by atoms with Gasteiger partial charge < -0.3 is 5.32 Å². The summed E-state index contributed by atoms with van der Waals surface area (Å²) in [5.74, 6) is 0. The van der Waals surface area contributed by atoms with Crippen LogP contribution in [0.2, 0.25) is 0 Å². The summed E-state index contributed by atoms with van der Waals surface area (Å²) in [6.07, 6.45) is 1.57. The quantitative estimate of drug-likeness (QED) is 0.825. The fourth-order valence-electron chi connectivity index (χ4n) is 0.951. The summed E-state index contributed by atoms with van der Waals surface area (Å²) in [6.45, 7) is 1.82. The van der Waals surface area contributed by atoms with Gasteiger partial charge in [-0.25, -0.2) is 0 Å². The van der Waals surface area contributed by atoms with Crippen LogP contribution >= 0.6 is 27.3 Å². The van der Waals surface area contributed by atoms with Crippen LogP contribution in [-0.4, -0.2) is 6.54 Å². The zero-order valence-electron chi connectivity index (χ0n) is 7.22. The van der Waals surface area contributed by atoms with Gasteiger partial charge in [0.05, 0.1) is 9.86 Å². The number of rotatable bonds is 5. The smallest absolute Gasteiger partial charge is 0.0701 e. The zero-order chi connectivity index (χ0) is 9.52. The van der Waals surface area contributed by atoms with Crippen molar-refractivity contribution < 1.29 is 0 Å². The molecule has 0 saturated heterocycles. The molecule has 0 amide bonds. The molecule has 0 spiro atoms. The van der Waals surface area contributed by atoms with E-state index in [0.29, 0.717) is 6.42 Å². The predicted octanol–water partition coefficient (Wildman–Crippen LogP) is 2.90. The van der Waals surface area contributed by atoms with Crippen molar-refractivity contribution in [2.24, 2.45) is 0 Å². The molecule has 0 radical (unpaired) electrons. The Morgan fingerprint density at radius 2 is 2.38 bits per heavy atom. The van der Waals surface area contributed by atoms with E-state index >= 15 is 0 Å². The van der Waals surface area contributed by atoms with Crippen LogP contribution in [0.4, 0.5) is 0 Å². The molecule has 1 heterocycles. The predicted molar refractivity (Wildman–Crippen MR) is 58.6 cm³/mol. The Kier molecular flexibility index (Phi) is 5.06. The highest BCUT2D eigenvalue weighted by Gasteiger charge is 1.95. The molecule has 2 nitrogen and oxygen atoms in total. The summed E-state index contributed by atoms with van der Waals surface area (Å²) in [4.78, 5) is 1.32. The lowest BCUT2D eigenvalue weighted by molar-refractivity contribution is 0.663. The number of nitrogens with zero attached hydrogens (tertiary/aromatic N) is 1. The van der Waals surface area contributed by atoms with Crippen LogP contribution in [0.1, 0.15) is 17.7 Å². The lowest BCUT2D eigenvalue weighted by Crippen LogP contribution is -2.13. The Morgan fingerprint density at radius 1 is 1.54 bits per heavy atom. The van der Waals surface area contributed by atoms with E-state index in [2.05, 4.69) is 39.4 Å². The number of hydrogen-bond donors (Lipinski definition) is 1. The molecule has 13 heavy (non-hydrogen) atoms. The second kappa shape index (κ2) is 6.14. The normalized spacial score (nSPS) is 9.85. The summed E-state index contributed by atoms with van der Waals surface area (Å²) in [5.41, 5.74) is 0. The van der Waals surface area contributed by atoms with Crippen LogP contribution in [-0.2, 0) is 6.54 Å². The summed E-state index contributed by atoms with van der Waals surface area (Å²) < 4.78 is 1.17. The summed E-state index contributed by atoms with van der Waals surface area (Å²) >= 11 is 5.15. The molecule has 1 aromatic rings. The third-order valence-electron chi connectivity index (χ3n) is 1.57. The Balaban J connectivity index is 2.10. The van der Waals surface area contributed by atoms with Crippen molar-refractivity contribution in [1.82, 2.24) is 5.32 Å². The van der Waals surface area contributed by atoms with Crippen LogP contribution < -0.4 is 5.32 Å². The average Bonchev–Trinajstić information content (AvgIpc) is 2.51. The monoisotopic (exact) mass is 258 g/mol. The van der Waals surface area contributed by atoms with Gasteiger partial charge in [0.1, 0.15) is 0 Å². The largest absolute Gasteiger partial charge is 0.312 e. The van der Waals surface area contributed by atoms with Crippen molar-refractivity contribution >= 4 is 27.3 Å². The molecule has 0 bridgehead atoms. The minimum absolute atomic E-state index is 0.640. The minimum atomic E-state index is 0.640. The van der Waals surface area contributed by atoms with E-state index in [1.54, 1.807) is 11.3 Å². The molecule has 1 rings (SSSR count). The summed E-state index contributed by atoms with van der Waals surface area (Å²) in [5, 5.41) is 11.6. The molecular formula is C9H11BrN2S. The fourth-order valence-corrected chi connectivity index (χ4v) is 2.40. The van der Waals surface area contributed by atoms with Crippen molar-refractivity contribution in [2.75, 3.05) is 6.54 Å². The number of thiophene rings is 1. The van der Waals surface area contributed by atoms with Gasteiger partial charge in [-0.2, -0.15) is 5.26 Å². The molecule has 1 N–H and O–H groups in total. The van der Waals surface area contributed by atoms with Gasteiger partial charge in [-0.05, 0) is 41.0 Å². The van der Waals surface area contributed by atoms with Gasteiger partial charge in [0, 0.05) is 17.8 Å². The molecule has 0 saturated carbocycles. The maximum absolute atomic E-state index is 8.30. The second-order valence-electron chi connectivity index (χ2n) is 2.64. The number of unbranched alkanes of at least 4 members (excludes halogenated alkanes) is 1. The minimum Gasteiger partial charge on any atom is -0.312 e. The van der Waals surface area contributed by atoms with Gasteiger partial charge in [-0.3, -0.25) is 0 Å². The topological polar surface area (TPSA) is 35.8 Å². The number of hydrogen-bond acceptors (Lipinski definition) is 3. The van der Waals surface area contributed by atoms with E-state index < -0.39 is 0 Å². The van der Waals surface area contributed by atoms with Crippen LogP contribution in [0.5, 0.6) is 0 Å². The maximum Gasteiger partial charge on any atom is 0.0701 e. The standard InChI is InChI=1S/C9H11BrN2S/c10-9-4-3-8(13-9)7-12-6-2-1-5-11/h3-4,12H,1-2,6-7H2. The third-order valence-corrected chi connectivity index (χ3v) is 3.19. The Bertz CT molecular complexity index is 290. The summed E-state index contributed by atoms with van der Waals surface area (Å²) in [6, 6.07) is 6.28. The summed E-state index contributed by atoms with van der Waals surface area (Å²) in [7, 11) is 0. The van der Waals surface area contributed by atoms with Crippen LogP contribution in [0.3, 0.4) is 0 Å². The zero-order valence-corrected chi connectivity index (χ0v) is 9.62. The van der Waals surface area contributed by atoms with Gasteiger partial charge in [0.2, 0.25) is 0 Å². The second-order valence-corrected chi connectivity index (χ2v) is 5.19. The molecule has 4 heteroatoms. The fraction of sp³-hybridized carbons (Fsp3) is 0.444. The highest BCUT2D eigenvalue weighted by atomic mass is 79.9. The van der Waals surface area contributed by atoms with Gasteiger partial charge in [-0.15, -0.1) is 11.3 Å². The van der Waals surface area contributed by atoms with Gasteiger partial charge in [-0.1, -0.05) is 0 Å². The Morgan fingerprint density at radius 3 is 3.00 bits per heavy atom. The molecule has 0 unspecified atom stereocenters. The number of halogens is 1. The molecule has 1 aromatic heterocycles. The first kappa shape index (κ1) is 10.7. The Labute approximate surface area is 90.7 Å². The molecule has 0 aliphatic carbocycles. The maximum atomic E-state index is 8.30. The van der Waals surface area contributed by atoms with Crippen LogP contribution in [0.15, 0.2) is 15.9 Å². The van der Waals surface area contributed by atoms with Crippen LogP contribution in [0, 0.1) is 11.3 Å². The molecule has 0 atom stereocenters. The molecule has 0 aliphatic rings. The average molecular weight is 259 g/mol. The third kappa shape index (κ3) is 4.41. The highest BCUT2D eigenvalue weighted by molar-refractivity contribution is 9.11. The highest BCUT2D eigenvalue weighted by Crippen LogP contribution is 2.21. The number of nitrogens with one attached hydrogen (secondary N) is 1. The SMILES string of the molecule is N#CCCCNCc1ccc(Br)s1. The van der Waals surface area contributed by atoms with Gasteiger partial charge in [0.25, 0.3) is 0 Å². The van der Waals surface area contributed by atoms with Crippen LogP contribution in [0.25, 0.3) is 0 Å². The van der Waals surface area contributed by atoms with Crippen molar-refractivity contribution in [1.29, 1.82) is 5.26 Å². The number of nitriles is 1. The van der Waals surface area contributed by atoms with Gasteiger partial charge in [0.15, 0.2) is 0 Å². The van der Waals surface area contributed by atoms with E-state index in [4.69, 9.17) is 5.26 Å². The van der Waals surface area contributed by atoms with Crippen molar-refractivity contribution in [3.8, 4) is 6.07 Å². The van der Waals surface area contributed by atoms with E-state index in [1.165, 1.54) is 8.66 Å². The first-order valence-corrected chi connectivity index (χ1v) is 5.76. The molecule has 0 fully saturated rings. The van der Waals surface area contributed by atoms with Crippen molar-refractivity contribution in [3.05, 3.63) is 20.8 Å². The lowest BCUT2D eigenvalue weighted by Gasteiger charge is -1.99. The van der Waals surface area contributed by atoms with E-state index in [0.717, 1.165) is 19.5 Å². The van der Waals surface area contributed by atoms with Crippen molar-refractivity contribution in [3.63, 3.8) is 0 Å². The van der Waals surface area contributed by atoms with Gasteiger partial charge >= 0.3 is 0 Å². The van der Waals surface area contributed by atoms with E-state index in [9.17, 15) is 0 Å². The molecule has 70 valence electrons. The Hall–Kier alpha value is -0.370. The van der Waals surface area contributed by atoms with E-state index in [1.807, 2.05) is 0 Å². The first-order valence-electron chi connectivity index (χ1n) is 4.15. The van der Waals surface area contributed by atoms with E-state index in [-0.39, 0.29) is 0 Å². The lowest BCUT2D eigenvalue weighted by atomic mass is 10.3. The molecule has 0 aromatic carbocycles. The van der Waals surface area contributed by atoms with Crippen molar-refractivity contribution in [2.45, 2.75) is 19.4 Å².